The molecule has 1 aliphatic rings. The molecule has 62 heavy (non-hydrogen) atoms. The second-order valence-corrected chi connectivity index (χ2v) is 15.9. The van der Waals surface area contributed by atoms with Crippen LogP contribution in [0.25, 0.3) is 21.5 Å². The highest BCUT2D eigenvalue weighted by molar-refractivity contribution is 5.91. The molecule has 0 saturated heterocycles. The maximum atomic E-state index is 11.6. The van der Waals surface area contributed by atoms with Gasteiger partial charge in [-0.2, -0.15) is 0 Å². The van der Waals surface area contributed by atoms with E-state index in [9.17, 15) is 10.2 Å². The molecule has 6 N–H and O–H groups in total. The van der Waals surface area contributed by atoms with Crippen molar-refractivity contribution in [3.8, 4) is 34.5 Å². The van der Waals surface area contributed by atoms with Crippen LogP contribution >= 0.6 is 0 Å². The standard InChI is InChI=1S/C51H67N3O8/c1-38-32-44-42-16-8-6-14-40(42)35-48(50(44)55)61-30-26-57-24-28-59-46-19-18-39(37-54-23-13-5-4-12-22-53-21-11-3-2-10-20-52)34-47(46)60-29-25-58-27-31-62-49-36-41-15-7-9-17-43(41)45(33-38)51(49)56/h6-9,14-19,34-36,53-56H,1-5,10-13,20-33,37,52H2. The number of phenols is 2. The van der Waals surface area contributed by atoms with Crippen LogP contribution < -0.4 is 35.3 Å². The van der Waals surface area contributed by atoms with Gasteiger partial charge in [0.15, 0.2) is 34.5 Å². The summed E-state index contributed by atoms with van der Waals surface area (Å²) in [7, 11) is 0. The van der Waals surface area contributed by atoms with Crippen LogP contribution in [0, 0.1) is 0 Å². The number of benzene rings is 5. The SMILES string of the molecule is C=C1Cc2c(O)c(cc3ccccc23)OCCOCCOc2ccc(CNCCCCCCNCCCCCCN)cc2OCCOCCOc2cc3ccccc3c(c2O)C1. The van der Waals surface area contributed by atoms with E-state index in [-0.39, 0.29) is 24.7 Å². The second kappa shape index (κ2) is 25.8. The molecule has 1 aliphatic heterocycles. The first-order chi connectivity index (χ1) is 30.5. The Morgan fingerprint density at radius 2 is 0.968 bits per heavy atom. The Hall–Kier alpha value is -5.04. The van der Waals surface area contributed by atoms with Crippen LogP contribution in [0.2, 0.25) is 0 Å². The number of rotatable bonds is 15. The number of hydrogen-bond acceptors (Lipinski definition) is 11. The van der Waals surface area contributed by atoms with Crippen LogP contribution in [0.15, 0.2) is 91.0 Å². The van der Waals surface area contributed by atoms with Crippen molar-refractivity contribution in [2.75, 3.05) is 79.0 Å². The molecule has 0 radical (unpaired) electrons. The molecule has 0 fully saturated rings. The number of allylic oxidation sites excluding steroid dienone is 1. The lowest BCUT2D eigenvalue weighted by Crippen LogP contribution is -2.17. The molecule has 11 heteroatoms. The number of phenolic OH excluding ortho intramolecular Hbond substituents is 2. The lowest BCUT2D eigenvalue weighted by molar-refractivity contribution is 0.0693. The molecule has 5 aromatic rings. The third-order valence-electron chi connectivity index (χ3n) is 11.1. The molecule has 0 unspecified atom stereocenters. The van der Waals surface area contributed by atoms with Crippen molar-refractivity contribution in [2.45, 2.75) is 70.8 Å². The summed E-state index contributed by atoms with van der Waals surface area (Å²) in [4.78, 5) is 0. The largest absolute Gasteiger partial charge is 0.504 e. The molecular formula is C51H67N3O8. The Kier molecular flexibility index (Phi) is 19.3. The minimum Gasteiger partial charge on any atom is -0.504 e. The van der Waals surface area contributed by atoms with Crippen LogP contribution in [0.4, 0.5) is 0 Å². The van der Waals surface area contributed by atoms with Crippen molar-refractivity contribution >= 4 is 21.5 Å². The molecule has 0 saturated carbocycles. The zero-order chi connectivity index (χ0) is 43.2. The lowest BCUT2D eigenvalue weighted by Gasteiger charge is -2.18. The van der Waals surface area contributed by atoms with Crippen LogP contribution in [-0.4, -0.2) is 89.2 Å². The van der Waals surface area contributed by atoms with Crippen molar-refractivity contribution in [1.82, 2.24) is 10.6 Å². The Morgan fingerprint density at radius 1 is 0.500 bits per heavy atom. The maximum absolute atomic E-state index is 11.6. The summed E-state index contributed by atoms with van der Waals surface area (Å²) < 4.78 is 36.4. The Labute approximate surface area is 367 Å². The van der Waals surface area contributed by atoms with Gasteiger partial charge < -0.3 is 55.0 Å². The van der Waals surface area contributed by atoms with Gasteiger partial charge >= 0.3 is 0 Å². The van der Waals surface area contributed by atoms with Gasteiger partial charge in [0.05, 0.1) is 26.4 Å². The minimum absolute atomic E-state index is 0.0654. The fraction of sp³-hybridized carbons (Fsp3) is 0.451. The average Bonchev–Trinajstić information content (AvgIpc) is 3.28. The summed E-state index contributed by atoms with van der Waals surface area (Å²) in [5, 5.41) is 34.0. The molecule has 6 rings (SSSR count). The molecule has 0 aromatic heterocycles. The zero-order valence-corrected chi connectivity index (χ0v) is 36.4. The lowest BCUT2D eigenvalue weighted by atomic mass is 9.92. The normalized spacial score (nSPS) is 14.8. The van der Waals surface area contributed by atoms with Gasteiger partial charge in [0.25, 0.3) is 0 Å². The Balaban J connectivity index is 1.06. The molecule has 11 nitrogen and oxygen atoms in total. The summed E-state index contributed by atoms with van der Waals surface area (Å²) in [5.41, 5.74) is 8.92. The van der Waals surface area contributed by atoms with Crippen molar-refractivity contribution in [3.63, 3.8) is 0 Å². The molecule has 0 spiro atoms. The van der Waals surface area contributed by atoms with E-state index in [4.69, 9.17) is 34.2 Å². The monoisotopic (exact) mass is 849 g/mol. The van der Waals surface area contributed by atoms with Crippen molar-refractivity contribution < 1.29 is 38.6 Å². The molecule has 0 atom stereocenters. The smallest absolute Gasteiger partial charge is 0.161 e. The first kappa shape index (κ1) is 46.5. The number of ether oxygens (including phenoxy) is 6. The number of nitrogens with two attached hydrogens (primary N) is 1. The Bertz CT molecular complexity index is 2140. The van der Waals surface area contributed by atoms with Gasteiger partial charge in [0.2, 0.25) is 0 Å². The van der Waals surface area contributed by atoms with E-state index in [1.807, 2.05) is 72.8 Å². The zero-order valence-electron chi connectivity index (χ0n) is 36.4. The number of aromatic hydroxyl groups is 2. The van der Waals surface area contributed by atoms with E-state index < -0.39 is 0 Å². The quantitative estimate of drug-likeness (QED) is 0.0509. The number of hydrogen-bond donors (Lipinski definition) is 5. The number of unbranched alkanes of at least 4 members (excludes halogenated alkanes) is 6. The highest BCUT2D eigenvalue weighted by Gasteiger charge is 2.19. The molecular weight excluding hydrogens is 783 g/mol. The highest BCUT2D eigenvalue weighted by Crippen LogP contribution is 2.41. The van der Waals surface area contributed by atoms with Crippen molar-refractivity contribution in [2.24, 2.45) is 5.73 Å². The topological polar surface area (TPSA) is 146 Å². The first-order valence-corrected chi connectivity index (χ1v) is 22.6. The van der Waals surface area contributed by atoms with Gasteiger partial charge in [-0.25, -0.2) is 0 Å². The van der Waals surface area contributed by atoms with Gasteiger partial charge in [-0.3, -0.25) is 0 Å². The summed E-state index contributed by atoms with van der Waals surface area (Å²) in [6.45, 7) is 11.5. The predicted molar refractivity (Wildman–Crippen MR) is 248 cm³/mol. The van der Waals surface area contributed by atoms with Crippen LogP contribution in [0.1, 0.15) is 68.1 Å². The first-order valence-electron chi connectivity index (χ1n) is 22.6. The molecule has 4 bridgehead atoms. The van der Waals surface area contributed by atoms with Crippen LogP contribution in [0.5, 0.6) is 34.5 Å². The number of fused-ring (bicyclic) bond motifs is 9. The van der Waals surface area contributed by atoms with Crippen LogP contribution in [-0.2, 0) is 28.9 Å². The summed E-state index contributed by atoms with van der Waals surface area (Å²) >= 11 is 0. The van der Waals surface area contributed by atoms with Gasteiger partial charge in [-0.05, 0) is 116 Å². The number of nitrogens with one attached hydrogen (secondary N) is 2. The molecule has 334 valence electrons. The van der Waals surface area contributed by atoms with Gasteiger partial charge in [0, 0.05) is 17.7 Å². The van der Waals surface area contributed by atoms with E-state index in [0.717, 1.165) is 78.2 Å². The van der Waals surface area contributed by atoms with Gasteiger partial charge in [-0.15, -0.1) is 0 Å². The average molecular weight is 850 g/mol. The van der Waals surface area contributed by atoms with Gasteiger partial charge in [-0.1, -0.05) is 92.4 Å². The minimum atomic E-state index is 0.0654. The van der Waals surface area contributed by atoms with E-state index in [1.54, 1.807) is 0 Å². The van der Waals surface area contributed by atoms with E-state index in [0.29, 0.717) is 86.6 Å². The molecule has 0 amide bonds. The second-order valence-electron chi connectivity index (χ2n) is 15.9. The van der Waals surface area contributed by atoms with E-state index in [1.165, 1.54) is 38.5 Å². The predicted octanol–water partition coefficient (Wildman–Crippen LogP) is 8.77. The Morgan fingerprint density at radius 3 is 1.50 bits per heavy atom. The molecule has 1 heterocycles. The van der Waals surface area contributed by atoms with Crippen molar-refractivity contribution in [1.29, 1.82) is 0 Å². The fourth-order valence-corrected chi connectivity index (χ4v) is 7.81. The highest BCUT2D eigenvalue weighted by atomic mass is 16.6. The summed E-state index contributed by atoms with van der Waals surface area (Å²) in [6.07, 6.45) is 10.4. The summed E-state index contributed by atoms with van der Waals surface area (Å²) in [5.74, 6) is 2.16. The third kappa shape index (κ3) is 14.3. The fourth-order valence-electron chi connectivity index (χ4n) is 7.81. The van der Waals surface area contributed by atoms with Crippen molar-refractivity contribution in [3.05, 3.63) is 108 Å². The third-order valence-corrected chi connectivity index (χ3v) is 11.1. The molecule has 0 aliphatic carbocycles. The van der Waals surface area contributed by atoms with E-state index >= 15 is 0 Å². The van der Waals surface area contributed by atoms with Gasteiger partial charge in [0.1, 0.15) is 26.4 Å². The maximum Gasteiger partial charge on any atom is 0.161 e. The summed E-state index contributed by atoms with van der Waals surface area (Å²) in [6, 6.07) is 25.5. The van der Waals surface area contributed by atoms with E-state index in [2.05, 4.69) is 23.3 Å². The molecule has 5 aromatic carbocycles. The van der Waals surface area contributed by atoms with Crippen LogP contribution in [0.3, 0.4) is 0 Å².